The molecule has 2 atom stereocenters. The molecule has 0 unspecified atom stereocenters. The molecule has 1 N–H and O–H groups in total. The van der Waals surface area contributed by atoms with Crippen LogP contribution in [0.15, 0.2) is 30.3 Å². The first-order chi connectivity index (χ1) is 21.7. The molecule has 3 saturated carbocycles. The third-order valence-electron chi connectivity index (χ3n) is 9.71. The average molecular weight is 654 g/mol. The third-order valence-corrected chi connectivity index (χ3v) is 9.71. The lowest BCUT2D eigenvalue weighted by Crippen LogP contribution is -2.51. The lowest BCUT2D eigenvalue weighted by molar-refractivity contribution is -0.286. The topological polar surface area (TPSA) is 105 Å². The highest BCUT2D eigenvalue weighted by atomic mass is 19.4. The van der Waals surface area contributed by atoms with Crippen LogP contribution >= 0.6 is 0 Å². The SMILES string of the molecule is C[C@H](Oc1cc(-n2nc(C(F)(F)F)c3c2[C@@H](OC24CCC(C(=O)O)(CC2)CC4)CCC3)cc(F)n1)c1ccc2c(c1)OC(F)(F)O2. The maximum Gasteiger partial charge on any atom is 0.586 e. The van der Waals surface area contributed by atoms with Crippen LogP contribution in [-0.4, -0.2) is 37.7 Å². The van der Waals surface area contributed by atoms with Crippen molar-refractivity contribution in [2.75, 3.05) is 0 Å². The molecule has 5 aliphatic rings. The molecule has 0 amide bonds. The lowest BCUT2D eigenvalue weighted by Gasteiger charge is -2.52. The van der Waals surface area contributed by atoms with E-state index in [0.29, 0.717) is 56.9 Å². The molecule has 8 rings (SSSR count). The number of fused-ring (bicyclic) bond motifs is 5. The quantitative estimate of drug-likeness (QED) is 0.207. The van der Waals surface area contributed by atoms with Crippen molar-refractivity contribution < 1.29 is 55.2 Å². The molecule has 1 aliphatic heterocycles. The van der Waals surface area contributed by atoms with E-state index in [0.717, 1.165) is 10.7 Å². The maximum atomic E-state index is 14.9. The predicted octanol–water partition coefficient (Wildman–Crippen LogP) is 7.46. The zero-order chi connectivity index (χ0) is 32.6. The molecule has 0 radical (unpaired) electrons. The number of aromatic nitrogens is 3. The number of rotatable bonds is 7. The minimum Gasteiger partial charge on any atom is -0.481 e. The molecular formula is C31H29F6N3O6. The normalized spacial score (nSPS) is 26.9. The van der Waals surface area contributed by atoms with Crippen LogP contribution in [0.2, 0.25) is 0 Å². The molecule has 0 saturated heterocycles. The van der Waals surface area contributed by atoms with Gasteiger partial charge < -0.3 is 24.1 Å². The maximum absolute atomic E-state index is 14.9. The van der Waals surface area contributed by atoms with Crippen molar-refractivity contribution in [1.82, 2.24) is 14.8 Å². The number of hydrogen-bond acceptors (Lipinski definition) is 7. The number of hydrogen-bond donors (Lipinski definition) is 1. The van der Waals surface area contributed by atoms with Crippen LogP contribution in [0, 0.1) is 11.4 Å². The molecule has 2 bridgehead atoms. The second-order valence-electron chi connectivity index (χ2n) is 12.5. The molecule has 2 aromatic heterocycles. The smallest absolute Gasteiger partial charge is 0.481 e. The highest BCUT2D eigenvalue weighted by molar-refractivity contribution is 5.75. The van der Waals surface area contributed by atoms with Crippen molar-refractivity contribution in [2.24, 2.45) is 5.41 Å². The van der Waals surface area contributed by atoms with Crippen LogP contribution in [0.1, 0.15) is 93.0 Å². The first-order valence-corrected chi connectivity index (χ1v) is 15.0. The second kappa shape index (κ2) is 10.5. The zero-order valence-corrected chi connectivity index (χ0v) is 24.5. The first-order valence-electron chi connectivity index (χ1n) is 15.0. The molecule has 4 aliphatic carbocycles. The van der Waals surface area contributed by atoms with Crippen LogP contribution in [0.25, 0.3) is 5.69 Å². The Bertz CT molecular complexity index is 1680. The number of benzene rings is 1. The van der Waals surface area contributed by atoms with Crippen LogP contribution in [0.5, 0.6) is 17.4 Å². The summed E-state index contributed by atoms with van der Waals surface area (Å²) in [5, 5.41) is 13.7. The fraction of sp³-hybridized carbons (Fsp3) is 0.516. The molecule has 0 spiro atoms. The summed E-state index contributed by atoms with van der Waals surface area (Å²) in [6.45, 7) is 1.55. The van der Waals surface area contributed by atoms with E-state index in [2.05, 4.69) is 19.6 Å². The van der Waals surface area contributed by atoms with E-state index in [9.17, 15) is 36.2 Å². The summed E-state index contributed by atoms with van der Waals surface area (Å²) >= 11 is 0. The van der Waals surface area contributed by atoms with E-state index in [4.69, 9.17) is 9.47 Å². The summed E-state index contributed by atoms with van der Waals surface area (Å²) in [7, 11) is 0. The van der Waals surface area contributed by atoms with Crippen molar-refractivity contribution in [1.29, 1.82) is 0 Å². The summed E-state index contributed by atoms with van der Waals surface area (Å²) in [6, 6.07) is 6.19. The van der Waals surface area contributed by atoms with Gasteiger partial charge in [0.05, 0.1) is 22.4 Å². The Kier molecular flexibility index (Phi) is 7.00. The number of ether oxygens (including phenoxy) is 4. The molecule has 3 aromatic rings. The first kappa shape index (κ1) is 30.6. The van der Waals surface area contributed by atoms with E-state index in [1.165, 1.54) is 24.3 Å². The van der Waals surface area contributed by atoms with Crippen molar-refractivity contribution in [2.45, 2.75) is 95.0 Å². The Labute approximate surface area is 258 Å². The van der Waals surface area contributed by atoms with Crippen LogP contribution in [0.3, 0.4) is 0 Å². The fourth-order valence-electron chi connectivity index (χ4n) is 7.24. The Morgan fingerprint density at radius 1 is 1.07 bits per heavy atom. The highest BCUT2D eigenvalue weighted by Gasteiger charge is 2.55. The zero-order valence-electron chi connectivity index (χ0n) is 24.5. The monoisotopic (exact) mass is 653 g/mol. The van der Waals surface area contributed by atoms with Crippen molar-refractivity contribution >= 4 is 5.97 Å². The molecule has 15 heteroatoms. The Hall–Kier alpha value is -4.01. The number of halogens is 6. The van der Waals surface area contributed by atoms with Gasteiger partial charge in [-0.2, -0.15) is 27.6 Å². The summed E-state index contributed by atoms with van der Waals surface area (Å²) in [4.78, 5) is 15.7. The Morgan fingerprint density at radius 3 is 2.43 bits per heavy atom. The van der Waals surface area contributed by atoms with E-state index < -0.39 is 53.3 Å². The number of alkyl halides is 5. The summed E-state index contributed by atoms with van der Waals surface area (Å²) < 4.78 is 107. The minimum atomic E-state index is -4.79. The standard InChI is InChI=1S/C31H29F6N3O6/c1-16(17-5-6-20-22(13-17)46-31(36,37)45-20)43-24-15-18(14-23(32)38-24)40-25-19(26(39-40)30(33,34)35)3-2-4-21(25)44-29-10-7-28(8-11-29,9-12-29)27(41)42/h5-6,13-16,21H,2-4,7-12H2,1H3,(H,41,42)/t16-,21-,28?,29?/m0/s1. The van der Waals surface area contributed by atoms with Gasteiger partial charge in [-0.05, 0) is 82.4 Å². The summed E-state index contributed by atoms with van der Waals surface area (Å²) in [5.74, 6) is -2.54. The van der Waals surface area contributed by atoms with Gasteiger partial charge in [-0.15, -0.1) is 8.78 Å². The fourth-order valence-corrected chi connectivity index (χ4v) is 7.24. The molecule has 3 heterocycles. The van der Waals surface area contributed by atoms with E-state index in [-0.39, 0.29) is 40.7 Å². The van der Waals surface area contributed by atoms with E-state index >= 15 is 0 Å². The van der Waals surface area contributed by atoms with Gasteiger partial charge in [-0.1, -0.05) is 6.07 Å². The molecule has 9 nitrogen and oxygen atoms in total. The summed E-state index contributed by atoms with van der Waals surface area (Å²) in [6.07, 6.45) is -6.66. The number of aliphatic carboxylic acids is 1. The van der Waals surface area contributed by atoms with E-state index in [1.54, 1.807) is 6.92 Å². The van der Waals surface area contributed by atoms with E-state index in [1.807, 2.05) is 0 Å². The number of carboxylic acids is 1. The van der Waals surface area contributed by atoms with Crippen LogP contribution in [0.4, 0.5) is 26.3 Å². The van der Waals surface area contributed by atoms with Crippen molar-refractivity contribution in [3.63, 3.8) is 0 Å². The van der Waals surface area contributed by atoms with Gasteiger partial charge in [0, 0.05) is 17.7 Å². The third kappa shape index (κ3) is 5.31. The molecule has 46 heavy (non-hydrogen) atoms. The second-order valence-corrected chi connectivity index (χ2v) is 12.5. The van der Waals surface area contributed by atoms with Gasteiger partial charge in [0.25, 0.3) is 0 Å². The van der Waals surface area contributed by atoms with Gasteiger partial charge in [0.2, 0.25) is 11.8 Å². The molecular weight excluding hydrogens is 624 g/mol. The lowest BCUT2D eigenvalue weighted by atomic mass is 9.58. The number of pyridine rings is 1. The van der Waals surface area contributed by atoms with Gasteiger partial charge in [-0.25, -0.2) is 4.68 Å². The predicted molar refractivity (Wildman–Crippen MR) is 145 cm³/mol. The number of carbonyl (C=O) groups is 1. The van der Waals surface area contributed by atoms with Crippen molar-refractivity contribution in [3.8, 4) is 23.1 Å². The Morgan fingerprint density at radius 2 is 1.76 bits per heavy atom. The largest absolute Gasteiger partial charge is 0.586 e. The van der Waals surface area contributed by atoms with Crippen LogP contribution in [-0.2, 0) is 22.1 Å². The van der Waals surface area contributed by atoms with Gasteiger partial charge in [0.15, 0.2) is 17.2 Å². The van der Waals surface area contributed by atoms with Crippen LogP contribution < -0.4 is 14.2 Å². The molecule has 1 aromatic carbocycles. The highest BCUT2D eigenvalue weighted by Crippen LogP contribution is 2.56. The van der Waals surface area contributed by atoms with Gasteiger partial charge in [0.1, 0.15) is 12.2 Å². The summed E-state index contributed by atoms with van der Waals surface area (Å²) in [5.41, 5.74) is -2.13. The molecule has 246 valence electrons. The minimum absolute atomic E-state index is 0.0307. The van der Waals surface area contributed by atoms with Gasteiger partial charge >= 0.3 is 18.4 Å². The molecule has 3 fully saturated rings. The average Bonchev–Trinajstić information content (AvgIpc) is 3.54. The number of carboxylic acid groups (broad SMARTS) is 1. The van der Waals surface area contributed by atoms with Crippen molar-refractivity contribution in [3.05, 3.63) is 58.8 Å². The number of nitrogens with zero attached hydrogens (tertiary/aromatic N) is 3. The Balaban J connectivity index is 1.21. The van der Waals surface area contributed by atoms with Gasteiger partial charge in [-0.3, -0.25) is 4.79 Å².